The molecule has 5 heteroatoms. The van der Waals surface area contributed by atoms with Gasteiger partial charge in [-0.2, -0.15) is 0 Å². The Balaban J connectivity index is 2.31. The number of ketones is 1. The molecule has 2 aromatic heterocycles. The molecular weight excluding hydrogens is 318 g/mol. The van der Waals surface area contributed by atoms with Gasteiger partial charge in [0.1, 0.15) is 0 Å². The van der Waals surface area contributed by atoms with Crippen LogP contribution in [0.2, 0.25) is 5.02 Å². The first kappa shape index (κ1) is 15.3. The van der Waals surface area contributed by atoms with E-state index < -0.39 is 0 Å². The number of carbonyl (C=O) groups is 1. The van der Waals surface area contributed by atoms with Gasteiger partial charge in [-0.25, -0.2) is 0 Å². The highest BCUT2D eigenvalue weighted by Crippen LogP contribution is 2.33. The number of hydrogen-bond acceptors (Lipinski definition) is 3. The Labute approximate surface area is 137 Å². The molecule has 1 atom stereocenters. The number of hydrogen-bond donors (Lipinski definition) is 1. The zero-order valence-electron chi connectivity index (χ0n) is 12.3. The highest BCUT2D eigenvalue weighted by molar-refractivity contribution is 7.12. The van der Waals surface area contributed by atoms with Crippen molar-refractivity contribution in [2.45, 2.75) is 19.9 Å². The maximum atomic E-state index is 12.9. The summed E-state index contributed by atoms with van der Waals surface area (Å²) in [4.78, 5) is 13.6. The second kappa shape index (κ2) is 5.88. The molecule has 3 aromatic rings. The van der Waals surface area contributed by atoms with E-state index in [1.165, 1.54) is 11.3 Å². The summed E-state index contributed by atoms with van der Waals surface area (Å²) >= 11 is 7.56. The lowest BCUT2D eigenvalue weighted by Crippen LogP contribution is -2.11. The third-order valence-electron chi connectivity index (χ3n) is 3.89. The number of fused-ring (bicyclic) bond motifs is 1. The average Bonchev–Trinajstić information content (AvgIpc) is 3.11. The molecule has 0 radical (unpaired) electrons. The number of halogens is 1. The standard InChI is InChI=1S/C17H16ClNO2S/c1-10(9-20)19-11(2)16(17(21)15-4-3-7-22-15)13-8-12(18)5-6-14(13)19/h3-8,10,20H,9H2,1-2H3. The molecule has 0 amide bonds. The van der Waals surface area contributed by atoms with Crippen LogP contribution in [-0.4, -0.2) is 22.1 Å². The molecule has 0 spiro atoms. The summed E-state index contributed by atoms with van der Waals surface area (Å²) in [7, 11) is 0. The lowest BCUT2D eigenvalue weighted by molar-refractivity contribution is 0.104. The summed E-state index contributed by atoms with van der Waals surface area (Å²) in [6, 6.07) is 9.13. The Kier molecular flexibility index (Phi) is 4.08. The monoisotopic (exact) mass is 333 g/mol. The van der Waals surface area contributed by atoms with Gasteiger partial charge in [0.05, 0.1) is 23.1 Å². The Morgan fingerprint density at radius 3 is 2.82 bits per heavy atom. The van der Waals surface area contributed by atoms with Gasteiger partial charge in [0, 0.05) is 21.6 Å². The van der Waals surface area contributed by atoms with Gasteiger partial charge >= 0.3 is 0 Å². The fraction of sp³-hybridized carbons (Fsp3) is 0.235. The number of aliphatic hydroxyl groups excluding tert-OH is 1. The van der Waals surface area contributed by atoms with Gasteiger partial charge in [-0.15, -0.1) is 11.3 Å². The first-order chi connectivity index (χ1) is 10.5. The number of nitrogens with zero attached hydrogens (tertiary/aromatic N) is 1. The van der Waals surface area contributed by atoms with Crippen molar-refractivity contribution in [3.63, 3.8) is 0 Å². The molecule has 0 saturated carbocycles. The summed E-state index contributed by atoms with van der Waals surface area (Å²) in [6.07, 6.45) is 0. The number of aliphatic hydroxyl groups is 1. The van der Waals surface area contributed by atoms with Crippen LogP contribution in [0.15, 0.2) is 35.7 Å². The third-order valence-corrected chi connectivity index (χ3v) is 4.99. The summed E-state index contributed by atoms with van der Waals surface area (Å²) in [5.41, 5.74) is 2.45. The van der Waals surface area contributed by atoms with E-state index in [9.17, 15) is 9.90 Å². The summed E-state index contributed by atoms with van der Waals surface area (Å²) < 4.78 is 2.01. The third kappa shape index (κ3) is 2.37. The van der Waals surface area contributed by atoms with Crippen LogP contribution in [-0.2, 0) is 0 Å². The molecule has 0 saturated heterocycles. The lowest BCUT2D eigenvalue weighted by Gasteiger charge is -2.15. The van der Waals surface area contributed by atoms with E-state index in [4.69, 9.17) is 11.6 Å². The van der Waals surface area contributed by atoms with Gasteiger partial charge in [-0.3, -0.25) is 4.79 Å². The van der Waals surface area contributed by atoms with Crippen LogP contribution < -0.4 is 0 Å². The van der Waals surface area contributed by atoms with Gasteiger partial charge in [0.25, 0.3) is 0 Å². The molecule has 0 aliphatic rings. The Bertz CT molecular complexity index is 836. The Morgan fingerprint density at radius 2 is 2.18 bits per heavy atom. The molecule has 3 rings (SSSR count). The largest absolute Gasteiger partial charge is 0.394 e. The molecule has 0 bridgehead atoms. The molecule has 22 heavy (non-hydrogen) atoms. The second-order valence-corrected chi connectivity index (χ2v) is 6.71. The first-order valence-electron chi connectivity index (χ1n) is 7.03. The summed E-state index contributed by atoms with van der Waals surface area (Å²) in [6.45, 7) is 3.86. The van der Waals surface area contributed by atoms with Crippen LogP contribution in [0.25, 0.3) is 10.9 Å². The van der Waals surface area contributed by atoms with Crippen LogP contribution in [0.5, 0.6) is 0 Å². The van der Waals surface area contributed by atoms with Gasteiger partial charge in [-0.05, 0) is 43.5 Å². The van der Waals surface area contributed by atoms with Crippen molar-refractivity contribution in [2.24, 2.45) is 0 Å². The van der Waals surface area contributed by atoms with Crippen molar-refractivity contribution in [3.05, 3.63) is 56.9 Å². The normalized spacial score (nSPS) is 12.7. The molecule has 0 aliphatic heterocycles. The predicted octanol–water partition coefficient (Wildman–Crippen LogP) is 4.45. The Hall–Kier alpha value is -1.62. The number of carbonyl (C=O) groups excluding carboxylic acids is 1. The number of thiophene rings is 1. The topological polar surface area (TPSA) is 42.2 Å². The summed E-state index contributed by atoms with van der Waals surface area (Å²) in [5, 5.41) is 12.9. The van der Waals surface area contributed by atoms with Crippen LogP contribution in [0, 0.1) is 6.92 Å². The van der Waals surface area contributed by atoms with Crippen molar-refractivity contribution >= 4 is 39.6 Å². The van der Waals surface area contributed by atoms with Gasteiger partial charge in [-0.1, -0.05) is 17.7 Å². The first-order valence-corrected chi connectivity index (χ1v) is 8.29. The zero-order chi connectivity index (χ0) is 15.9. The van der Waals surface area contributed by atoms with Gasteiger partial charge in [0.15, 0.2) is 0 Å². The van der Waals surface area contributed by atoms with E-state index in [0.29, 0.717) is 15.5 Å². The minimum atomic E-state index is -0.103. The van der Waals surface area contributed by atoms with E-state index in [1.54, 1.807) is 0 Å². The summed E-state index contributed by atoms with van der Waals surface area (Å²) in [5.74, 6) is 0.00339. The minimum absolute atomic E-state index is 0.00339. The SMILES string of the molecule is Cc1c(C(=O)c2cccs2)c2cc(Cl)ccc2n1C(C)CO. The van der Waals surface area contributed by atoms with Crippen LogP contribution in [0.4, 0.5) is 0 Å². The molecule has 0 aliphatic carbocycles. The molecule has 1 unspecified atom stereocenters. The van der Waals surface area contributed by atoms with Crippen LogP contribution in [0.1, 0.15) is 33.9 Å². The maximum Gasteiger partial charge on any atom is 0.205 e. The molecule has 2 heterocycles. The lowest BCUT2D eigenvalue weighted by atomic mass is 10.1. The van der Waals surface area contributed by atoms with Crippen molar-refractivity contribution in [1.82, 2.24) is 4.57 Å². The van der Waals surface area contributed by atoms with Crippen molar-refractivity contribution in [1.29, 1.82) is 0 Å². The van der Waals surface area contributed by atoms with E-state index in [2.05, 4.69) is 0 Å². The fourth-order valence-electron chi connectivity index (χ4n) is 2.88. The van der Waals surface area contributed by atoms with Gasteiger partial charge in [0.2, 0.25) is 5.78 Å². The second-order valence-electron chi connectivity index (χ2n) is 5.33. The molecule has 1 N–H and O–H groups in total. The van der Waals surface area contributed by atoms with Crippen LogP contribution >= 0.6 is 22.9 Å². The van der Waals surface area contributed by atoms with Crippen molar-refractivity contribution in [2.75, 3.05) is 6.61 Å². The van der Waals surface area contributed by atoms with E-state index in [1.807, 2.05) is 54.1 Å². The zero-order valence-corrected chi connectivity index (χ0v) is 13.9. The Morgan fingerprint density at radius 1 is 1.41 bits per heavy atom. The molecule has 0 fully saturated rings. The quantitative estimate of drug-likeness (QED) is 0.717. The van der Waals surface area contributed by atoms with E-state index >= 15 is 0 Å². The highest BCUT2D eigenvalue weighted by Gasteiger charge is 2.23. The molecule has 3 nitrogen and oxygen atoms in total. The molecular formula is C17H16ClNO2S. The van der Waals surface area contributed by atoms with Crippen molar-refractivity contribution in [3.8, 4) is 0 Å². The predicted molar refractivity (Wildman–Crippen MR) is 91.2 cm³/mol. The number of benzene rings is 1. The smallest absolute Gasteiger partial charge is 0.205 e. The maximum absolute atomic E-state index is 12.9. The van der Waals surface area contributed by atoms with E-state index in [0.717, 1.165) is 16.6 Å². The number of rotatable bonds is 4. The highest BCUT2D eigenvalue weighted by atomic mass is 35.5. The molecule has 114 valence electrons. The van der Waals surface area contributed by atoms with Crippen LogP contribution in [0.3, 0.4) is 0 Å². The average molecular weight is 334 g/mol. The van der Waals surface area contributed by atoms with Crippen molar-refractivity contribution < 1.29 is 9.90 Å². The van der Waals surface area contributed by atoms with Gasteiger partial charge < -0.3 is 9.67 Å². The fourth-order valence-corrected chi connectivity index (χ4v) is 3.72. The minimum Gasteiger partial charge on any atom is -0.394 e. The van der Waals surface area contributed by atoms with E-state index in [-0.39, 0.29) is 18.4 Å². The number of aromatic nitrogens is 1. The molecule has 1 aromatic carbocycles.